The summed E-state index contributed by atoms with van der Waals surface area (Å²) in [5, 5.41) is 2.62. The molecular weight excluding hydrogens is 560 g/mol. The first-order valence-electron chi connectivity index (χ1n) is 12.0. The second-order valence-electron chi connectivity index (χ2n) is 9.83. The minimum Gasteiger partial charge on any atom is -0.348 e. The van der Waals surface area contributed by atoms with Gasteiger partial charge in [0.15, 0.2) is 0 Å². The number of halogens is 2. The second kappa shape index (κ2) is 6.94. The standard InChI is InChI=1S/C32H20Br2O/c33-25-17-15-21-27-22(16-18-26(34)28(25)27)30-29(21)31(19-9-3-1-4-10-19)23-13-7-8-14-24(23)32(30,35-31)20-11-5-2-6-12-20/h1-18,29-30H. The third-order valence-electron chi connectivity index (χ3n) is 8.46. The number of rotatable bonds is 2. The number of hydrogen-bond acceptors (Lipinski definition) is 1. The Hall–Kier alpha value is -2.72. The topological polar surface area (TPSA) is 9.23 Å². The molecule has 0 aromatic heterocycles. The van der Waals surface area contributed by atoms with Crippen LogP contribution in [0.25, 0.3) is 10.8 Å². The van der Waals surface area contributed by atoms with Gasteiger partial charge in [-0.2, -0.15) is 0 Å². The SMILES string of the molecule is Brc1ccc2c3c(ccc(Br)c13)C1C2C2(c3ccccc3)OC1(c1ccccc1)c1ccccc12. The van der Waals surface area contributed by atoms with Crippen LogP contribution < -0.4 is 0 Å². The van der Waals surface area contributed by atoms with Crippen LogP contribution >= 0.6 is 31.9 Å². The Kier molecular flexibility index (Phi) is 4.06. The molecule has 1 fully saturated rings. The van der Waals surface area contributed by atoms with Crippen molar-refractivity contribution in [3.63, 3.8) is 0 Å². The first kappa shape index (κ1) is 20.5. The average Bonchev–Trinajstić information content (AvgIpc) is 3.53. The quantitative estimate of drug-likeness (QED) is 0.203. The molecule has 0 saturated carbocycles. The number of benzene rings is 5. The molecule has 1 nitrogen and oxygen atoms in total. The normalized spacial score (nSPS) is 27.3. The summed E-state index contributed by atoms with van der Waals surface area (Å²) in [6.07, 6.45) is 0. The van der Waals surface area contributed by atoms with Crippen molar-refractivity contribution >= 4 is 42.6 Å². The van der Waals surface area contributed by atoms with Crippen molar-refractivity contribution in [3.05, 3.63) is 152 Å². The van der Waals surface area contributed by atoms with Gasteiger partial charge in [0.05, 0.1) is 0 Å². The molecule has 2 heterocycles. The predicted molar refractivity (Wildman–Crippen MR) is 147 cm³/mol. The molecule has 2 bridgehead atoms. The van der Waals surface area contributed by atoms with Gasteiger partial charge < -0.3 is 4.74 Å². The van der Waals surface area contributed by atoms with Crippen molar-refractivity contribution in [2.45, 2.75) is 23.0 Å². The minimum atomic E-state index is -0.565. The molecule has 5 aromatic rings. The van der Waals surface area contributed by atoms with E-state index in [1.807, 2.05) is 0 Å². The lowest BCUT2D eigenvalue weighted by Gasteiger charge is -2.38. The summed E-state index contributed by atoms with van der Waals surface area (Å²) in [6.45, 7) is 0. The predicted octanol–water partition coefficient (Wildman–Crippen LogP) is 8.78. The van der Waals surface area contributed by atoms with Gasteiger partial charge in [0, 0.05) is 26.2 Å². The van der Waals surface area contributed by atoms with E-state index >= 15 is 0 Å². The Balaban J connectivity index is 1.57. The van der Waals surface area contributed by atoms with Crippen LogP contribution in [-0.2, 0) is 15.9 Å². The van der Waals surface area contributed by atoms with Gasteiger partial charge in [-0.15, -0.1) is 0 Å². The van der Waals surface area contributed by atoms with Gasteiger partial charge in [-0.1, -0.05) is 129 Å². The fraction of sp³-hybridized carbons (Fsp3) is 0.125. The van der Waals surface area contributed by atoms with Crippen molar-refractivity contribution in [2.24, 2.45) is 0 Å². The zero-order chi connectivity index (χ0) is 23.4. The molecule has 0 spiro atoms. The molecule has 2 aliphatic heterocycles. The van der Waals surface area contributed by atoms with Crippen molar-refractivity contribution in [1.82, 2.24) is 0 Å². The summed E-state index contributed by atoms with van der Waals surface area (Å²) in [6, 6.07) is 39.7. The van der Waals surface area contributed by atoms with Crippen LogP contribution in [0.2, 0.25) is 0 Å². The Labute approximate surface area is 221 Å². The van der Waals surface area contributed by atoms with E-state index in [2.05, 4.69) is 141 Å². The second-order valence-corrected chi connectivity index (χ2v) is 11.5. The van der Waals surface area contributed by atoms with E-state index in [9.17, 15) is 0 Å². The summed E-state index contributed by atoms with van der Waals surface area (Å²) in [7, 11) is 0. The van der Waals surface area contributed by atoms with Gasteiger partial charge in [0.2, 0.25) is 0 Å². The van der Waals surface area contributed by atoms with Crippen molar-refractivity contribution < 1.29 is 4.74 Å². The highest BCUT2D eigenvalue weighted by Gasteiger charge is 2.73. The molecule has 0 radical (unpaired) electrons. The third-order valence-corrected chi connectivity index (χ3v) is 9.78. The van der Waals surface area contributed by atoms with Crippen LogP contribution in [0.4, 0.5) is 0 Å². The molecular formula is C32H20Br2O. The van der Waals surface area contributed by atoms with Crippen LogP contribution in [0.5, 0.6) is 0 Å². The zero-order valence-electron chi connectivity index (χ0n) is 18.7. The fourth-order valence-corrected chi connectivity index (χ4v) is 8.72. The molecule has 5 aromatic carbocycles. The molecule has 3 heteroatoms. The largest absolute Gasteiger partial charge is 0.348 e. The maximum atomic E-state index is 7.58. The molecule has 168 valence electrons. The Morgan fingerprint density at radius 3 is 1.37 bits per heavy atom. The van der Waals surface area contributed by atoms with E-state index < -0.39 is 11.2 Å². The smallest absolute Gasteiger partial charge is 0.128 e. The van der Waals surface area contributed by atoms with Gasteiger partial charge in [0.25, 0.3) is 0 Å². The molecule has 0 amide bonds. The Morgan fingerprint density at radius 1 is 0.486 bits per heavy atom. The summed E-state index contributed by atoms with van der Waals surface area (Å²) in [5.41, 5.74) is 6.65. The van der Waals surface area contributed by atoms with Gasteiger partial charge in [-0.05, 0) is 50.9 Å². The Morgan fingerprint density at radius 2 is 0.914 bits per heavy atom. The van der Waals surface area contributed by atoms with Crippen molar-refractivity contribution in [3.8, 4) is 0 Å². The van der Waals surface area contributed by atoms with Crippen LogP contribution in [0.1, 0.15) is 45.2 Å². The fourth-order valence-electron chi connectivity index (χ4n) is 7.37. The lowest BCUT2D eigenvalue weighted by molar-refractivity contribution is -0.0480. The monoisotopic (exact) mass is 578 g/mol. The van der Waals surface area contributed by atoms with E-state index in [1.54, 1.807) is 0 Å². The molecule has 1 aliphatic carbocycles. The van der Waals surface area contributed by atoms with Crippen LogP contribution in [0, 0.1) is 0 Å². The van der Waals surface area contributed by atoms with Crippen molar-refractivity contribution in [1.29, 1.82) is 0 Å². The van der Waals surface area contributed by atoms with E-state index in [4.69, 9.17) is 4.74 Å². The number of fused-ring (bicyclic) bond motifs is 10. The number of hydrogen-bond donors (Lipinski definition) is 0. The molecule has 3 aliphatic rings. The summed E-state index contributed by atoms with van der Waals surface area (Å²) in [4.78, 5) is 0. The molecule has 8 rings (SSSR count). The minimum absolute atomic E-state index is 0.167. The molecule has 1 saturated heterocycles. The maximum absolute atomic E-state index is 7.58. The van der Waals surface area contributed by atoms with Crippen LogP contribution in [0.3, 0.4) is 0 Å². The zero-order valence-corrected chi connectivity index (χ0v) is 21.9. The molecule has 35 heavy (non-hydrogen) atoms. The average molecular weight is 580 g/mol. The highest BCUT2D eigenvalue weighted by atomic mass is 79.9. The molecule has 4 unspecified atom stereocenters. The van der Waals surface area contributed by atoms with Crippen LogP contribution in [0.15, 0.2) is 118 Å². The number of ether oxygens (including phenoxy) is 1. The van der Waals surface area contributed by atoms with Gasteiger partial charge >= 0.3 is 0 Å². The first-order valence-corrected chi connectivity index (χ1v) is 13.6. The lowest BCUT2D eigenvalue weighted by atomic mass is 9.60. The van der Waals surface area contributed by atoms with E-state index in [1.165, 1.54) is 44.2 Å². The third kappa shape index (κ3) is 2.29. The van der Waals surface area contributed by atoms with E-state index in [0.29, 0.717) is 0 Å². The van der Waals surface area contributed by atoms with E-state index in [-0.39, 0.29) is 11.8 Å². The highest BCUT2D eigenvalue weighted by molar-refractivity contribution is 9.11. The van der Waals surface area contributed by atoms with E-state index in [0.717, 1.165) is 8.95 Å². The summed E-state index contributed by atoms with van der Waals surface area (Å²) in [5.74, 6) is 0.333. The lowest BCUT2D eigenvalue weighted by Crippen LogP contribution is -2.35. The van der Waals surface area contributed by atoms with Crippen molar-refractivity contribution in [2.75, 3.05) is 0 Å². The summed E-state index contributed by atoms with van der Waals surface area (Å²) >= 11 is 7.71. The van der Waals surface area contributed by atoms with Gasteiger partial charge in [-0.3, -0.25) is 0 Å². The van der Waals surface area contributed by atoms with Crippen LogP contribution in [-0.4, -0.2) is 0 Å². The maximum Gasteiger partial charge on any atom is 0.128 e. The van der Waals surface area contributed by atoms with Gasteiger partial charge in [-0.25, -0.2) is 0 Å². The molecule has 0 N–H and O–H groups in total. The first-order chi connectivity index (χ1) is 17.2. The molecule has 4 atom stereocenters. The van der Waals surface area contributed by atoms with Gasteiger partial charge in [0.1, 0.15) is 11.2 Å². The Bertz CT molecular complexity index is 1540. The highest BCUT2D eigenvalue weighted by Crippen LogP contribution is 2.77. The summed E-state index contributed by atoms with van der Waals surface area (Å²) < 4.78 is 9.83.